The van der Waals surface area contributed by atoms with E-state index in [1.807, 2.05) is 13.8 Å². The van der Waals surface area contributed by atoms with Crippen LogP contribution in [-0.2, 0) is 22.6 Å². The van der Waals surface area contributed by atoms with E-state index in [9.17, 15) is 23.9 Å². The lowest BCUT2D eigenvalue weighted by atomic mass is 9.77. The molecule has 8 nitrogen and oxygen atoms in total. The highest BCUT2D eigenvalue weighted by Crippen LogP contribution is 2.40. The van der Waals surface area contributed by atoms with Gasteiger partial charge in [-0.15, -0.1) is 11.3 Å². The van der Waals surface area contributed by atoms with Gasteiger partial charge in [-0.05, 0) is 61.9 Å². The number of carboxylic acid groups (broad SMARTS) is 1. The van der Waals surface area contributed by atoms with Gasteiger partial charge in [-0.25, -0.2) is 14.0 Å². The van der Waals surface area contributed by atoms with E-state index in [1.165, 1.54) is 23.5 Å². The average Bonchev–Trinajstić information content (AvgIpc) is 3.46. The molecule has 1 aliphatic rings. The molecule has 1 aliphatic carbocycles. The minimum absolute atomic E-state index is 0.171. The summed E-state index contributed by atoms with van der Waals surface area (Å²) in [7, 11) is 0. The summed E-state index contributed by atoms with van der Waals surface area (Å²) in [6.07, 6.45) is 2.23. The molecule has 1 saturated carbocycles. The van der Waals surface area contributed by atoms with E-state index >= 15 is 0 Å². The highest BCUT2D eigenvalue weighted by atomic mass is 32.1. The Balaban J connectivity index is 1.69. The normalized spacial score (nSPS) is 14.5. The standard InChI is InChI=1S/C24H30FN3O5S/c1-3-23(4-2,21(30)28-24(9-10-24)22(31)32)12-16-6-8-19(34-16)20(29)33-18-7-5-15(11-17(18)25)13-27-14-26/h5-8,11,27H,3-4,9-10,12-14,26H2,1-2H3,(H,28,30)(H,31,32). The van der Waals surface area contributed by atoms with Crippen molar-refractivity contribution in [3.63, 3.8) is 0 Å². The molecule has 10 heteroatoms. The van der Waals surface area contributed by atoms with E-state index in [-0.39, 0.29) is 23.2 Å². The second-order valence-electron chi connectivity index (χ2n) is 8.56. The van der Waals surface area contributed by atoms with Crippen LogP contribution in [0.2, 0.25) is 0 Å². The molecule has 0 atom stereocenters. The Morgan fingerprint density at radius 2 is 1.91 bits per heavy atom. The zero-order valence-electron chi connectivity index (χ0n) is 19.3. The maximum absolute atomic E-state index is 14.3. The van der Waals surface area contributed by atoms with Crippen LogP contribution in [0.1, 0.15) is 59.6 Å². The van der Waals surface area contributed by atoms with Crippen LogP contribution in [0.15, 0.2) is 30.3 Å². The van der Waals surface area contributed by atoms with E-state index in [0.29, 0.717) is 44.2 Å². The third kappa shape index (κ3) is 5.63. The molecule has 0 radical (unpaired) electrons. The first kappa shape index (κ1) is 25.8. The number of amides is 1. The van der Waals surface area contributed by atoms with Gasteiger partial charge in [0, 0.05) is 18.1 Å². The molecule has 1 fully saturated rings. The van der Waals surface area contributed by atoms with Gasteiger partial charge in [0.25, 0.3) is 0 Å². The zero-order chi connectivity index (χ0) is 24.9. The molecule has 1 amide bonds. The van der Waals surface area contributed by atoms with Gasteiger partial charge in [-0.2, -0.15) is 0 Å². The van der Waals surface area contributed by atoms with Crippen molar-refractivity contribution in [1.82, 2.24) is 10.6 Å². The molecule has 184 valence electrons. The minimum Gasteiger partial charge on any atom is -0.480 e. The Labute approximate surface area is 201 Å². The Morgan fingerprint density at radius 1 is 1.21 bits per heavy atom. The molecule has 1 heterocycles. The first-order chi connectivity index (χ1) is 16.2. The third-order valence-electron chi connectivity index (χ3n) is 6.40. The molecule has 34 heavy (non-hydrogen) atoms. The van der Waals surface area contributed by atoms with Crippen LogP contribution < -0.4 is 21.1 Å². The van der Waals surface area contributed by atoms with E-state index < -0.39 is 28.7 Å². The van der Waals surface area contributed by atoms with E-state index in [4.69, 9.17) is 10.5 Å². The van der Waals surface area contributed by atoms with Crippen LogP contribution in [0.3, 0.4) is 0 Å². The molecule has 3 rings (SSSR count). The predicted molar refractivity (Wildman–Crippen MR) is 126 cm³/mol. The molecule has 0 unspecified atom stereocenters. The molecule has 0 bridgehead atoms. The number of esters is 1. The molecule has 1 aromatic carbocycles. The van der Waals surface area contributed by atoms with Crippen molar-refractivity contribution >= 4 is 29.2 Å². The van der Waals surface area contributed by atoms with Crippen LogP contribution in [0.5, 0.6) is 5.75 Å². The number of nitrogens with one attached hydrogen (secondary N) is 2. The lowest BCUT2D eigenvalue weighted by Crippen LogP contribution is -2.50. The predicted octanol–water partition coefficient (Wildman–Crippen LogP) is 3.19. The molecule has 1 aromatic heterocycles. The molecule has 0 saturated heterocycles. The summed E-state index contributed by atoms with van der Waals surface area (Å²) in [5, 5.41) is 15.0. The van der Waals surface area contributed by atoms with Crippen LogP contribution in [-0.4, -0.2) is 35.2 Å². The number of benzene rings is 1. The number of rotatable bonds is 12. The summed E-state index contributed by atoms with van der Waals surface area (Å²) in [5.41, 5.74) is 4.09. The number of ether oxygens (including phenoxy) is 1. The molecule has 0 aliphatic heterocycles. The SMILES string of the molecule is CCC(CC)(Cc1ccc(C(=O)Oc2ccc(CNCN)cc2F)s1)C(=O)NC1(C(=O)O)CC1. The van der Waals surface area contributed by atoms with Crippen molar-refractivity contribution in [3.8, 4) is 5.75 Å². The van der Waals surface area contributed by atoms with Gasteiger partial charge in [0.05, 0.1) is 5.41 Å². The van der Waals surface area contributed by atoms with Gasteiger partial charge in [-0.1, -0.05) is 19.9 Å². The largest absolute Gasteiger partial charge is 0.480 e. The number of carboxylic acids is 1. The highest BCUT2D eigenvalue weighted by molar-refractivity contribution is 7.14. The summed E-state index contributed by atoms with van der Waals surface area (Å²) in [5.74, 6) is -2.81. The third-order valence-corrected chi connectivity index (χ3v) is 7.46. The Morgan fingerprint density at radius 3 is 2.47 bits per heavy atom. The van der Waals surface area contributed by atoms with Gasteiger partial charge < -0.3 is 26.2 Å². The van der Waals surface area contributed by atoms with Crippen molar-refractivity contribution in [2.75, 3.05) is 6.67 Å². The summed E-state index contributed by atoms with van der Waals surface area (Å²) in [6.45, 7) is 4.44. The summed E-state index contributed by atoms with van der Waals surface area (Å²) >= 11 is 1.18. The molecule has 0 spiro atoms. The van der Waals surface area contributed by atoms with E-state index in [2.05, 4.69) is 10.6 Å². The maximum Gasteiger partial charge on any atom is 0.353 e. The number of hydrogen-bond donors (Lipinski definition) is 4. The smallest absolute Gasteiger partial charge is 0.353 e. The fourth-order valence-electron chi connectivity index (χ4n) is 3.79. The Kier molecular flexibility index (Phi) is 8.06. The zero-order valence-corrected chi connectivity index (χ0v) is 20.1. The van der Waals surface area contributed by atoms with E-state index in [0.717, 1.165) is 4.88 Å². The summed E-state index contributed by atoms with van der Waals surface area (Å²) in [6, 6.07) is 7.66. The minimum atomic E-state index is -1.16. The topological polar surface area (TPSA) is 131 Å². The average molecular weight is 492 g/mol. The number of thiophene rings is 1. The highest BCUT2D eigenvalue weighted by Gasteiger charge is 2.53. The van der Waals surface area contributed by atoms with Crippen molar-refractivity contribution in [2.24, 2.45) is 11.1 Å². The second-order valence-corrected chi connectivity index (χ2v) is 9.73. The van der Waals surface area contributed by atoms with Gasteiger partial charge in [-0.3, -0.25) is 4.79 Å². The number of carbonyl (C=O) groups is 3. The van der Waals surface area contributed by atoms with Gasteiger partial charge in [0.15, 0.2) is 11.6 Å². The van der Waals surface area contributed by atoms with Gasteiger partial charge in [0.2, 0.25) is 5.91 Å². The second kappa shape index (κ2) is 10.6. The maximum atomic E-state index is 14.3. The molecule has 2 aromatic rings. The number of nitrogens with two attached hydrogens (primary N) is 1. The van der Waals surface area contributed by atoms with Crippen LogP contribution in [0, 0.1) is 11.2 Å². The van der Waals surface area contributed by atoms with Crippen molar-refractivity contribution in [2.45, 2.75) is 58.0 Å². The first-order valence-corrected chi connectivity index (χ1v) is 12.1. The monoisotopic (exact) mass is 491 g/mol. The van der Waals surface area contributed by atoms with Crippen LogP contribution >= 0.6 is 11.3 Å². The first-order valence-electron chi connectivity index (χ1n) is 11.2. The molecular formula is C24H30FN3O5S. The number of halogens is 1. The fraction of sp³-hybridized carbons (Fsp3) is 0.458. The molecular weight excluding hydrogens is 461 g/mol. The van der Waals surface area contributed by atoms with E-state index in [1.54, 1.807) is 18.2 Å². The van der Waals surface area contributed by atoms with Crippen LogP contribution in [0.4, 0.5) is 4.39 Å². The van der Waals surface area contributed by atoms with Crippen molar-refractivity contribution < 1.29 is 28.6 Å². The Hall–Kier alpha value is -2.82. The fourth-order valence-corrected chi connectivity index (χ4v) is 4.82. The summed E-state index contributed by atoms with van der Waals surface area (Å²) in [4.78, 5) is 38.3. The lowest BCUT2D eigenvalue weighted by molar-refractivity contribution is -0.145. The summed E-state index contributed by atoms with van der Waals surface area (Å²) < 4.78 is 19.6. The number of hydrogen-bond acceptors (Lipinski definition) is 7. The number of aliphatic carboxylic acids is 1. The Bertz CT molecular complexity index is 1060. The van der Waals surface area contributed by atoms with Crippen molar-refractivity contribution in [1.29, 1.82) is 0 Å². The molecule has 5 N–H and O–H groups in total. The quantitative estimate of drug-likeness (QED) is 0.204. The number of carbonyl (C=O) groups excluding carboxylic acids is 2. The van der Waals surface area contributed by atoms with Crippen molar-refractivity contribution in [3.05, 3.63) is 51.5 Å². The van der Waals surface area contributed by atoms with Gasteiger partial charge in [0.1, 0.15) is 10.4 Å². The van der Waals surface area contributed by atoms with Gasteiger partial charge >= 0.3 is 11.9 Å². The lowest BCUT2D eigenvalue weighted by Gasteiger charge is -2.31. The van der Waals surface area contributed by atoms with Crippen LogP contribution in [0.25, 0.3) is 0 Å².